The highest BCUT2D eigenvalue weighted by Gasteiger charge is 2.20. The molecule has 0 saturated carbocycles. The van der Waals surface area contributed by atoms with Crippen molar-refractivity contribution in [3.8, 4) is 11.8 Å². The predicted molar refractivity (Wildman–Crippen MR) is 148 cm³/mol. The van der Waals surface area contributed by atoms with E-state index in [0.717, 1.165) is 38.4 Å². The van der Waals surface area contributed by atoms with Crippen LogP contribution in [0.25, 0.3) is 6.08 Å². The monoisotopic (exact) mass is 495 g/mol. The van der Waals surface area contributed by atoms with Crippen LogP contribution < -0.4 is 5.32 Å². The Balaban J connectivity index is 1.31. The summed E-state index contributed by atoms with van der Waals surface area (Å²) in [6.07, 6.45) is 10.4. The summed E-state index contributed by atoms with van der Waals surface area (Å²) in [4.78, 5) is 29.3. The van der Waals surface area contributed by atoms with Crippen molar-refractivity contribution < 1.29 is 4.79 Å². The first-order valence-corrected chi connectivity index (χ1v) is 12.6. The van der Waals surface area contributed by atoms with Crippen molar-refractivity contribution in [3.63, 3.8) is 0 Å². The number of hydrogen-bond acceptors (Lipinski definition) is 6. The van der Waals surface area contributed by atoms with Crippen molar-refractivity contribution in [3.05, 3.63) is 83.2 Å². The summed E-state index contributed by atoms with van der Waals surface area (Å²) in [6, 6.07) is 10.4. The molecule has 37 heavy (non-hydrogen) atoms. The largest absolute Gasteiger partial charge is 0.332 e. The third kappa shape index (κ3) is 7.46. The smallest absolute Gasteiger partial charge is 0.257 e. The Morgan fingerprint density at radius 3 is 2.68 bits per heavy atom. The third-order valence-corrected chi connectivity index (χ3v) is 6.53. The lowest BCUT2D eigenvalue weighted by atomic mass is 10.1. The van der Waals surface area contributed by atoms with E-state index in [9.17, 15) is 4.79 Å². The topological polar surface area (TPSA) is 101 Å². The molecule has 1 aliphatic rings. The Hall–Kier alpha value is -4.06. The number of carbonyl (C=O) groups is 1. The molecule has 1 saturated heterocycles. The van der Waals surface area contributed by atoms with Gasteiger partial charge in [0.25, 0.3) is 5.91 Å². The number of H-pyrrole nitrogens is 1. The van der Waals surface area contributed by atoms with Crippen molar-refractivity contribution in [2.24, 2.45) is 0 Å². The number of imidazole rings is 1. The van der Waals surface area contributed by atoms with Gasteiger partial charge in [0.2, 0.25) is 0 Å². The van der Waals surface area contributed by atoms with Gasteiger partial charge in [0, 0.05) is 68.6 Å². The van der Waals surface area contributed by atoms with Gasteiger partial charge in [0.05, 0.1) is 11.8 Å². The lowest BCUT2D eigenvalue weighted by Gasteiger charge is -2.37. The standard InChI is InChI=1S/C29H33N7O/c1-3-22(2)36-15-13-35(14-16-36)21-23-6-9-26(10-7-23)34-29(37)25-17-24(18-31-19-25)8-11-27-20-32-28(33-27)5-4-12-30/h4-7,9-10,12,17-20,22,30H,3,13-16,21H2,1-2H3,(H,32,33)(H,34,37)/b5-4-,30-12?. The van der Waals surface area contributed by atoms with Crippen molar-refractivity contribution in [2.45, 2.75) is 32.9 Å². The number of aromatic nitrogens is 3. The zero-order valence-corrected chi connectivity index (χ0v) is 21.4. The minimum absolute atomic E-state index is 0.231. The normalized spacial score (nSPS) is 15.2. The van der Waals surface area contributed by atoms with Gasteiger partial charge in [-0.05, 0) is 55.2 Å². The molecule has 0 aliphatic carbocycles. The van der Waals surface area contributed by atoms with Gasteiger partial charge in [0.15, 0.2) is 0 Å². The van der Waals surface area contributed by atoms with E-state index in [0.29, 0.717) is 28.7 Å². The fraction of sp³-hybridized carbons (Fsp3) is 0.310. The number of rotatable bonds is 8. The molecule has 1 unspecified atom stereocenters. The number of allylic oxidation sites excluding steroid dienone is 1. The van der Waals surface area contributed by atoms with E-state index in [1.54, 1.807) is 30.6 Å². The molecule has 0 spiro atoms. The summed E-state index contributed by atoms with van der Waals surface area (Å²) in [7, 11) is 0. The molecule has 3 N–H and O–H groups in total. The van der Waals surface area contributed by atoms with E-state index < -0.39 is 0 Å². The van der Waals surface area contributed by atoms with E-state index in [-0.39, 0.29) is 5.91 Å². The zero-order chi connectivity index (χ0) is 26.0. The molecular weight excluding hydrogens is 462 g/mol. The van der Waals surface area contributed by atoms with Crippen LogP contribution in [0.1, 0.15) is 53.3 Å². The van der Waals surface area contributed by atoms with Gasteiger partial charge < -0.3 is 15.7 Å². The maximum atomic E-state index is 12.8. The molecule has 3 heterocycles. The summed E-state index contributed by atoms with van der Waals surface area (Å²) in [5, 5.41) is 9.98. The Morgan fingerprint density at radius 2 is 1.95 bits per heavy atom. The van der Waals surface area contributed by atoms with Gasteiger partial charge in [-0.2, -0.15) is 0 Å². The van der Waals surface area contributed by atoms with Crippen LogP contribution >= 0.6 is 0 Å². The van der Waals surface area contributed by atoms with Gasteiger partial charge in [0.1, 0.15) is 11.5 Å². The number of hydrogen-bond donors (Lipinski definition) is 3. The van der Waals surface area contributed by atoms with Crippen molar-refractivity contribution in [2.75, 3.05) is 31.5 Å². The molecule has 1 fully saturated rings. The average molecular weight is 496 g/mol. The Kier molecular flexibility index (Phi) is 8.98. The number of nitrogens with one attached hydrogen (secondary N) is 3. The first-order valence-electron chi connectivity index (χ1n) is 12.6. The molecule has 4 rings (SSSR count). The Morgan fingerprint density at radius 1 is 1.16 bits per heavy atom. The fourth-order valence-corrected chi connectivity index (χ4v) is 4.17. The van der Waals surface area contributed by atoms with E-state index in [4.69, 9.17) is 5.41 Å². The van der Waals surface area contributed by atoms with Crippen LogP contribution in [0.3, 0.4) is 0 Å². The lowest BCUT2D eigenvalue weighted by Crippen LogP contribution is -2.48. The van der Waals surface area contributed by atoms with Gasteiger partial charge in [-0.3, -0.25) is 19.6 Å². The number of piperazine rings is 1. The SMILES string of the molecule is CCC(C)N1CCN(Cc2ccc(NC(=O)c3cncc(C#Cc4cnc(/C=C\C=N)[nH]4)c3)cc2)CC1. The molecule has 1 aromatic carbocycles. The molecular formula is C29H33N7O. The molecule has 8 nitrogen and oxygen atoms in total. The van der Waals surface area contributed by atoms with Crippen molar-refractivity contribution in [1.29, 1.82) is 5.41 Å². The first-order chi connectivity index (χ1) is 18.0. The summed E-state index contributed by atoms with van der Waals surface area (Å²) >= 11 is 0. The molecule has 8 heteroatoms. The van der Waals surface area contributed by atoms with E-state index >= 15 is 0 Å². The van der Waals surface area contributed by atoms with Gasteiger partial charge in [-0.15, -0.1) is 0 Å². The molecule has 1 atom stereocenters. The van der Waals surface area contributed by atoms with Crippen LogP contribution in [0.2, 0.25) is 0 Å². The Bertz CT molecular complexity index is 1290. The molecule has 190 valence electrons. The summed E-state index contributed by atoms with van der Waals surface area (Å²) < 4.78 is 0. The maximum Gasteiger partial charge on any atom is 0.257 e. The fourth-order valence-electron chi connectivity index (χ4n) is 4.17. The number of anilines is 1. The number of pyridine rings is 1. The number of nitrogens with zero attached hydrogens (tertiary/aromatic N) is 4. The number of benzene rings is 1. The van der Waals surface area contributed by atoms with Gasteiger partial charge in [-0.25, -0.2) is 4.98 Å². The quantitative estimate of drug-likeness (QED) is 0.324. The summed E-state index contributed by atoms with van der Waals surface area (Å²) in [5.74, 6) is 6.38. The highest BCUT2D eigenvalue weighted by molar-refractivity contribution is 6.04. The zero-order valence-electron chi connectivity index (χ0n) is 21.4. The molecule has 2 aromatic heterocycles. The van der Waals surface area contributed by atoms with Gasteiger partial charge >= 0.3 is 0 Å². The van der Waals surface area contributed by atoms with Gasteiger partial charge in [-0.1, -0.05) is 25.0 Å². The second kappa shape index (κ2) is 12.8. The molecule has 0 radical (unpaired) electrons. The Labute approximate surface area is 218 Å². The molecule has 1 amide bonds. The number of carbonyl (C=O) groups excluding carboxylic acids is 1. The summed E-state index contributed by atoms with van der Waals surface area (Å²) in [6.45, 7) is 9.87. The lowest BCUT2D eigenvalue weighted by molar-refractivity contribution is 0.0963. The molecule has 0 bridgehead atoms. The van der Waals surface area contributed by atoms with E-state index in [1.807, 2.05) is 12.1 Å². The highest BCUT2D eigenvalue weighted by Crippen LogP contribution is 2.15. The number of amides is 1. The van der Waals surface area contributed by atoms with E-state index in [2.05, 4.69) is 67.9 Å². The second-order valence-electron chi connectivity index (χ2n) is 9.14. The second-order valence-corrected chi connectivity index (χ2v) is 9.14. The van der Waals surface area contributed by atoms with Crippen molar-refractivity contribution in [1.82, 2.24) is 24.8 Å². The number of aromatic amines is 1. The molecule has 1 aliphatic heterocycles. The predicted octanol–water partition coefficient (Wildman–Crippen LogP) is 4.04. The van der Waals surface area contributed by atoms with Crippen molar-refractivity contribution >= 4 is 23.9 Å². The van der Waals surface area contributed by atoms with Crippen LogP contribution in [0.4, 0.5) is 5.69 Å². The maximum absolute atomic E-state index is 12.8. The van der Waals surface area contributed by atoms with Crippen LogP contribution in [0.5, 0.6) is 0 Å². The minimum Gasteiger partial charge on any atom is -0.332 e. The van der Waals surface area contributed by atoms with Crippen LogP contribution in [-0.4, -0.2) is 69.1 Å². The average Bonchev–Trinajstić information content (AvgIpc) is 3.39. The van der Waals surface area contributed by atoms with Crippen LogP contribution in [0.15, 0.2) is 55.0 Å². The van der Waals surface area contributed by atoms with Crippen LogP contribution in [0, 0.1) is 17.3 Å². The first kappa shape index (κ1) is 26.0. The summed E-state index contributed by atoms with van der Waals surface area (Å²) in [5.41, 5.74) is 3.69. The van der Waals surface area contributed by atoms with Crippen LogP contribution in [-0.2, 0) is 6.54 Å². The third-order valence-electron chi connectivity index (χ3n) is 6.53. The van der Waals surface area contributed by atoms with E-state index in [1.165, 1.54) is 24.4 Å². The highest BCUT2D eigenvalue weighted by atomic mass is 16.1. The minimum atomic E-state index is -0.231. The molecule has 3 aromatic rings.